The maximum Gasteiger partial charge on any atom is 0.237 e. The normalized spacial score (nSPS) is 17.9. The number of benzene rings is 1. The fraction of sp³-hybridized carbons (Fsp3) is 0.500. The number of aryl methyl sites for hydroxylation is 1. The first kappa shape index (κ1) is 15.9. The minimum atomic E-state index is -0.0794. The van der Waals surface area contributed by atoms with E-state index >= 15 is 0 Å². The van der Waals surface area contributed by atoms with E-state index in [4.69, 9.17) is 0 Å². The summed E-state index contributed by atoms with van der Waals surface area (Å²) in [7, 11) is 0. The summed E-state index contributed by atoms with van der Waals surface area (Å²) in [5.41, 5.74) is 2.11. The van der Waals surface area contributed by atoms with E-state index in [0.717, 1.165) is 18.5 Å². The minimum absolute atomic E-state index is 0.0502. The highest BCUT2D eigenvalue weighted by molar-refractivity contribution is 8.00. The summed E-state index contributed by atoms with van der Waals surface area (Å²) in [4.78, 5) is 23.8. The van der Waals surface area contributed by atoms with Crippen LogP contribution in [-0.2, 0) is 16.0 Å². The van der Waals surface area contributed by atoms with Gasteiger partial charge in [-0.3, -0.25) is 9.59 Å². The van der Waals surface area contributed by atoms with Gasteiger partial charge in [0.2, 0.25) is 11.8 Å². The van der Waals surface area contributed by atoms with Crippen LogP contribution in [0.5, 0.6) is 0 Å². The molecule has 0 aromatic heterocycles. The van der Waals surface area contributed by atoms with E-state index in [0.29, 0.717) is 12.2 Å². The molecule has 5 heteroatoms. The molecule has 2 amide bonds. The minimum Gasteiger partial charge on any atom is -0.354 e. The average Bonchev–Trinajstić information content (AvgIpc) is 2.57. The first-order valence-corrected chi connectivity index (χ1v) is 8.41. The van der Waals surface area contributed by atoms with E-state index in [1.165, 1.54) is 5.56 Å². The maximum atomic E-state index is 12.2. The van der Waals surface area contributed by atoms with E-state index in [2.05, 4.69) is 16.7 Å². The van der Waals surface area contributed by atoms with Crippen molar-refractivity contribution < 1.29 is 9.59 Å². The Bertz CT molecular complexity index is 517. The van der Waals surface area contributed by atoms with Gasteiger partial charge in [0.15, 0.2) is 0 Å². The van der Waals surface area contributed by atoms with Crippen molar-refractivity contribution in [2.45, 2.75) is 44.4 Å². The molecular weight excluding hydrogens is 284 g/mol. The predicted octanol–water partition coefficient (Wildman–Crippen LogP) is 2.59. The summed E-state index contributed by atoms with van der Waals surface area (Å²) in [6, 6.07) is 8.09. The molecule has 0 saturated carbocycles. The quantitative estimate of drug-likeness (QED) is 0.879. The smallest absolute Gasteiger partial charge is 0.237 e. The molecule has 1 heterocycles. The Labute approximate surface area is 130 Å². The van der Waals surface area contributed by atoms with Gasteiger partial charge in [-0.15, -0.1) is 11.8 Å². The van der Waals surface area contributed by atoms with E-state index in [1.54, 1.807) is 11.8 Å². The van der Waals surface area contributed by atoms with Crippen LogP contribution in [-0.4, -0.2) is 28.9 Å². The van der Waals surface area contributed by atoms with Gasteiger partial charge < -0.3 is 10.6 Å². The van der Waals surface area contributed by atoms with Crippen LogP contribution in [0.4, 0.5) is 5.69 Å². The Hall–Kier alpha value is -1.49. The monoisotopic (exact) mass is 306 g/mol. The number of anilines is 1. The number of carbonyl (C=O) groups is 2. The standard InChI is InChI=1S/C16H22N2O2S/c1-11(2)17-15(19)9-10-21-14-8-7-12-5-3-4-6-13(12)18-16(14)20/h3-6,11,14H,7-10H2,1-2H3,(H,17,19)(H,18,20). The highest BCUT2D eigenvalue weighted by Gasteiger charge is 2.23. The molecule has 4 nitrogen and oxygen atoms in total. The Morgan fingerprint density at radius 1 is 1.43 bits per heavy atom. The maximum absolute atomic E-state index is 12.2. The lowest BCUT2D eigenvalue weighted by molar-refractivity contribution is -0.121. The molecule has 0 saturated heterocycles. The molecule has 0 spiro atoms. The van der Waals surface area contributed by atoms with Crippen LogP contribution in [0, 0.1) is 0 Å². The molecule has 1 unspecified atom stereocenters. The third-order valence-electron chi connectivity index (χ3n) is 3.34. The second-order valence-electron chi connectivity index (χ2n) is 5.52. The molecular formula is C16H22N2O2S. The third-order valence-corrected chi connectivity index (χ3v) is 4.63. The second-order valence-corrected chi connectivity index (χ2v) is 6.83. The molecule has 0 aliphatic carbocycles. The molecule has 0 bridgehead atoms. The number of amides is 2. The van der Waals surface area contributed by atoms with Crippen molar-refractivity contribution in [2.24, 2.45) is 0 Å². The van der Waals surface area contributed by atoms with Crippen molar-refractivity contribution in [3.05, 3.63) is 29.8 Å². The van der Waals surface area contributed by atoms with E-state index < -0.39 is 0 Å². The lowest BCUT2D eigenvalue weighted by Crippen LogP contribution is -2.30. The van der Waals surface area contributed by atoms with Crippen LogP contribution in [0.15, 0.2) is 24.3 Å². The van der Waals surface area contributed by atoms with Crippen LogP contribution in [0.3, 0.4) is 0 Å². The molecule has 1 aliphatic heterocycles. The van der Waals surface area contributed by atoms with Gasteiger partial charge in [-0.2, -0.15) is 0 Å². The molecule has 1 atom stereocenters. The summed E-state index contributed by atoms with van der Waals surface area (Å²) in [6.45, 7) is 3.89. The van der Waals surface area contributed by atoms with Gasteiger partial charge in [-0.25, -0.2) is 0 Å². The molecule has 21 heavy (non-hydrogen) atoms. The molecule has 1 aromatic carbocycles. The van der Waals surface area contributed by atoms with Gasteiger partial charge in [0.25, 0.3) is 0 Å². The zero-order chi connectivity index (χ0) is 15.2. The second kappa shape index (κ2) is 7.50. The Morgan fingerprint density at radius 3 is 2.95 bits per heavy atom. The largest absolute Gasteiger partial charge is 0.354 e. The Kier molecular flexibility index (Phi) is 5.67. The number of para-hydroxylation sites is 1. The zero-order valence-corrected chi connectivity index (χ0v) is 13.3. The van der Waals surface area contributed by atoms with Crippen molar-refractivity contribution in [1.82, 2.24) is 5.32 Å². The molecule has 1 aliphatic rings. The van der Waals surface area contributed by atoms with Crippen LogP contribution >= 0.6 is 11.8 Å². The molecule has 0 fully saturated rings. The van der Waals surface area contributed by atoms with Crippen molar-refractivity contribution in [1.29, 1.82) is 0 Å². The van der Waals surface area contributed by atoms with E-state index in [1.807, 2.05) is 32.0 Å². The topological polar surface area (TPSA) is 58.2 Å². The van der Waals surface area contributed by atoms with Crippen LogP contribution in [0.1, 0.15) is 32.3 Å². The fourth-order valence-corrected chi connectivity index (χ4v) is 3.42. The summed E-state index contributed by atoms with van der Waals surface area (Å²) in [5.74, 6) is 0.775. The molecule has 2 N–H and O–H groups in total. The number of fused-ring (bicyclic) bond motifs is 1. The predicted molar refractivity (Wildman–Crippen MR) is 87.5 cm³/mol. The summed E-state index contributed by atoms with van der Waals surface area (Å²) < 4.78 is 0. The molecule has 1 aromatic rings. The van der Waals surface area contributed by atoms with Crippen molar-refractivity contribution in [2.75, 3.05) is 11.1 Å². The third kappa shape index (κ3) is 4.77. The van der Waals surface area contributed by atoms with Gasteiger partial charge >= 0.3 is 0 Å². The first-order chi connectivity index (χ1) is 10.1. The van der Waals surface area contributed by atoms with E-state index in [-0.39, 0.29) is 23.1 Å². The number of thioether (sulfide) groups is 1. The highest BCUT2D eigenvalue weighted by atomic mass is 32.2. The van der Waals surface area contributed by atoms with Gasteiger partial charge in [-0.05, 0) is 38.3 Å². The summed E-state index contributed by atoms with van der Waals surface area (Å²) in [6.07, 6.45) is 2.17. The van der Waals surface area contributed by atoms with E-state index in [9.17, 15) is 9.59 Å². The fourth-order valence-electron chi connectivity index (χ4n) is 2.34. The van der Waals surface area contributed by atoms with Crippen molar-refractivity contribution in [3.63, 3.8) is 0 Å². The Morgan fingerprint density at radius 2 is 2.19 bits per heavy atom. The lowest BCUT2D eigenvalue weighted by Gasteiger charge is -2.13. The van der Waals surface area contributed by atoms with Crippen LogP contribution in [0.25, 0.3) is 0 Å². The lowest BCUT2D eigenvalue weighted by atomic mass is 10.1. The summed E-state index contributed by atoms with van der Waals surface area (Å²) in [5, 5.41) is 5.77. The highest BCUT2D eigenvalue weighted by Crippen LogP contribution is 2.27. The van der Waals surface area contributed by atoms with Gasteiger partial charge in [0.1, 0.15) is 0 Å². The van der Waals surface area contributed by atoms with Crippen LogP contribution < -0.4 is 10.6 Å². The zero-order valence-electron chi connectivity index (χ0n) is 12.5. The summed E-state index contributed by atoms with van der Waals surface area (Å²) >= 11 is 1.57. The number of rotatable bonds is 5. The van der Waals surface area contributed by atoms with Gasteiger partial charge in [-0.1, -0.05) is 18.2 Å². The number of carbonyl (C=O) groups excluding carboxylic acids is 2. The van der Waals surface area contributed by atoms with Crippen molar-refractivity contribution in [3.8, 4) is 0 Å². The first-order valence-electron chi connectivity index (χ1n) is 7.36. The van der Waals surface area contributed by atoms with Gasteiger partial charge in [0.05, 0.1) is 5.25 Å². The number of hydrogen-bond acceptors (Lipinski definition) is 3. The average molecular weight is 306 g/mol. The van der Waals surface area contributed by atoms with Crippen molar-refractivity contribution >= 4 is 29.3 Å². The SMILES string of the molecule is CC(C)NC(=O)CCSC1CCc2ccccc2NC1=O. The van der Waals surface area contributed by atoms with Crippen LogP contribution in [0.2, 0.25) is 0 Å². The van der Waals surface area contributed by atoms with Gasteiger partial charge in [0, 0.05) is 23.9 Å². The molecule has 114 valence electrons. The number of hydrogen-bond donors (Lipinski definition) is 2. The number of nitrogens with one attached hydrogen (secondary N) is 2. The molecule has 0 radical (unpaired) electrons. The Balaban J connectivity index is 1.83. The molecule has 2 rings (SSSR count).